The minimum Gasteiger partial charge on any atom is -0.350 e. The third kappa shape index (κ3) is 3.58. The maximum absolute atomic E-state index is 12.1. The van der Waals surface area contributed by atoms with E-state index >= 15 is 0 Å². The van der Waals surface area contributed by atoms with Gasteiger partial charge in [0.15, 0.2) is 0 Å². The van der Waals surface area contributed by atoms with E-state index in [4.69, 9.17) is 0 Å². The van der Waals surface area contributed by atoms with Crippen LogP contribution in [0.5, 0.6) is 0 Å². The predicted molar refractivity (Wildman–Crippen MR) is 67.4 cm³/mol. The molecule has 0 saturated carbocycles. The van der Waals surface area contributed by atoms with E-state index in [1.165, 1.54) is 0 Å². The van der Waals surface area contributed by atoms with Crippen LogP contribution in [0.15, 0.2) is 12.2 Å². The smallest absolute Gasteiger partial charge is 0.243 e. The molecule has 0 radical (unpaired) electrons. The number of carbonyl (C=O) groups is 2. The Morgan fingerprint density at radius 2 is 2.12 bits per heavy atom. The van der Waals surface area contributed by atoms with Crippen molar-refractivity contribution < 1.29 is 9.59 Å². The van der Waals surface area contributed by atoms with Gasteiger partial charge in [0.2, 0.25) is 11.8 Å². The molecule has 0 bridgehead atoms. The molecule has 1 aliphatic rings. The van der Waals surface area contributed by atoms with Crippen molar-refractivity contribution in [3.63, 3.8) is 0 Å². The minimum atomic E-state index is -0.374. The van der Waals surface area contributed by atoms with Crippen molar-refractivity contribution in [2.24, 2.45) is 0 Å². The third-order valence-electron chi connectivity index (χ3n) is 2.68. The highest BCUT2D eigenvalue weighted by Gasteiger charge is 2.34. The lowest BCUT2D eigenvalue weighted by molar-refractivity contribution is -0.138. The molecule has 1 saturated heterocycles. The van der Waals surface area contributed by atoms with Gasteiger partial charge in [0.05, 0.1) is 0 Å². The highest BCUT2D eigenvalue weighted by Crippen LogP contribution is 2.20. The summed E-state index contributed by atoms with van der Waals surface area (Å²) < 4.78 is 0. The summed E-state index contributed by atoms with van der Waals surface area (Å²) in [6, 6.07) is -0.374. The molecule has 96 valence electrons. The monoisotopic (exact) mass is 238 g/mol. The van der Waals surface area contributed by atoms with Gasteiger partial charge >= 0.3 is 0 Å². The first-order chi connectivity index (χ1) is 7.74. The van der Waals surface area contributed by atoms with Gasteiger partial charge in [0.25, 0.3) is 0 Å². The molecule has 17 heavy (non-hydrogen) atoms. The summed E-state index contributed by atoms with van der Waals surface area (Å²) in [5.74, 6) is -0.0750. The lowest BCUT2D eigenvalue weighted by Crippen LogP contribution is -2.52. The van der Waals surface area contributed by atoms with Crippen molar-refractivity contribution in [1.29, 1.82) is 0 Å². The Balaban J connectivity index is 2.75. The second-order valence-electron chi connectivity index (χ2n) is 5.61. The first kappa shape index (κ1) is 13.7. The summed E-state index contributed by atoms with van der Waals surface area (Å²) in [7, 11) is 0. The molecule has 0 aromatic heterocycles. The molecule has 1 unspecified atom stereocenters. The molecule has 1 heterocycles. The van der Waals surface area contributed by atoms with Crippen LogP contribution in [0.25, 0.3) is 0 Å². The van der Waals surface area contributed by atoms with Gasteiger partial charge in [-0.15, -0.1) is 0 Å². The van der Waals surface area contributed by atoms with Crippen LogP contribution in [0.4, 0.5) is 0 Å². The lowest BCUT2D eigenvalue weighted by Gasteiger charge is -2.29. The zero-order valence-corrected chi connectivity index (χ0v) is 11.2. The van der Waals surface area contributed by atoms with Crippen LogP contribution in [-0.4, -0.2) is 34.8 Å². The van der Waals surface area contributed by atoms with E-state index in [1.54, 1.807) is 4.90 Å². The standard InChI is InChI=1S/C13H22N2O2/c1-6-10(12(17)14-13(3,4)5)15-8-9(2)7-11(15)16/h10H,2,6-8H2,1,3-5H3,(H,14,17). The van der Waals surface area contributed by atoms with Gasteiger partial charge < -0.3 is 10.2 Å². The molecule has 1 rings (SSSR count). The first-order valence-corrected chi connectivity index (χ1v) is 6.02. The van der Waals surface area contributed by atoms with Gasteiger partial charge in [-0.05, 0) is 32.8 Å². The van der Waals surface area contributed by atoms with Gasteiger partial charge in [-0.25, -0.2) is 0 Å². The van der Waals surface area contributed by atoms with Crippen LogP contribution < -0.4 is 5.32 Å². The number of nitrogens with zero attached hydrogens (tertiary/aromatic N) is 1. The van der Waals surface area contributed by atoms with Gasteiger partial charge in [-0.2, -0.15) is 0 Å². The number of amides is 2. The molecule has 4 nitrogen and oxygen atoms in total. The lowest BCUT2D eigenvalue weighted by atomic mass is 10.1. The number of likely N-dealkylation sites (tertiary alicyclic amines) is 1. The zero-order valence-electron chi connectivity index (χ0n) is 11.2. The molecular formula is C13H22N2O2. The average Bonchev–Trinajstić information content (AvgIpc) is 2.43. The second kappa shape index (κ2) is 4.90. The Hall–Kier alpha value is -1.32. The minimum absolute atomic E-state index is 0.00547. The van der Waals surface area contributed by atoms with E-state index in [0.717, 1.165) is 5.57 Å². The van der Waals surface area contributed by atoms with Crippen molar-refractivity contribution in [2.45, 2.75) is 52.1 Å². The molecule has 1 fully saturated rings. The summed E-state index contributed by atoms with van der Waals surface area (Å²) in [6.45, 7) is 12.0. The van der Waals surface area contributed by atoms with Crippen LogP contribution in [0.3, 0.4) is 0 Å². The Kier molecular flexibility index (Phi) is 3.96. The highest BCUT2D eigenvalue weighted by atomic mass is 16.2. The van der Waals surface area contributed by atoms with Crippen molar-refractivity contribution in [3.8, 4) is 0 Å². The van der Waals surface area contributed by atoms with E-state index in [-0.39, 0.29) is 23.4 Å². The van der Waals surface area contributed by atoms with Crippen molar-refractivity contribution >= 4 is 11.8 Å². The summed E-state index contributed by atoms with van der Waals surface area (Å²) in [5.41, 5.74) is 0.613. The summed E-state index contributed by atoms with van der Waals surface area (Å²) >= 11 is 0. The van der Waals surface area contributed by atoms with Crippen LogP contribution >= 0.6 is 0 Å². The zero-order chi connectivity index (χ0) is 13.2. The van der Waals surface area contributed by atoms with E-state index in [2.05, 4.69) is 11.9 Å². The fourth-order valence-electron chi connectivity index (χ4n) is 1.98. The quantitative estimate of drug-likeness (QED) is 0.757. The Morgan fingerprint density at radius 3 is 2.47 bits per heavy atom. The van der Waals surface area contributed by atoms with Crippen molar-refractivity contribution in [3.05, 3.63) is 12.2 Å². The van der Waals surface area contributed by atoms with Gasteiger partial charge in [0, 0.05) is 18.5 Å². The predicted octanol–water partition coefficient (Wildman–Crippen LogP) is 1.47. The maximum atomic E-state index is 12.1. The van der Waals surface area contributed by atoms with Gasteiger partial charge in [0.1, 0.15) is 6.04 Å². The first-order valence-electron chi connectivity index (χ1n) is 6.02. The highest BCUT2D eigenvalue weighted by molar-refractivity contribution is 5.90. The van der Waals surface area contributed by atoms with E-state index < -0.39 is 0 Å². The van der Waals surface area contributed by atoms with Crippen LogP contribution in [-0.2, 0) is 9.59 Å². The molecule has 1 N–H and O–H groups in total. The Bertz CT molecular complexity index is 342. The van der Waals surface area contributed by atoms with E-state index in [0.29, 0.717) is 19.4 Å². The van der Waals surface area contributed by atoms with Crippen LogP contribution in [0, 0.1) is 0 Å². The van der Waals surface area contributed by atoms with Crippen LogP contribution in [0.2, 0.25) is 0 Å². The third-order valence-corrected chi connectivity index (χ3v) is 2.68. The fraction of sp³-hybridized carbons (Fsp3) is 0.692. The Labute approximate surface area is 103 Å². The van der Waals surface area contributed by atoms with Crippen molar-refractivity contribution in [2.75, 3.05) is 6.54 Å². The molecule has 1 atom stereocenters. The normalized spacial score (nSPS) is 18.5. The molecule has 0 spiro atoms. The maximum Gasteiger partial charge on any atom is 0.243 e. The van der Waals surface area contributed by atoms with E-state index in [1.807, 2.05) is 27.7 Å². The number of hydrogen-bond donors (Lipinski definition) is 1. The molecule has 2 amide bonds. The largest absolute Gasteiger partial charge is 0.350 e. The van der Waals surface area contributed by atoms with Gasteiger partial charge in [-0.3, -0.25) is 9.59 Å². The molecule has 0 aliphatic carbocycles. The van der Waals surface area contributed by atoms with Crippen LogP contribution in [0.1, 0.15) is 40.5 Å². The molecular weight excluding hydrogens is 216 g/mol. The molecule has 4 heteroatoms. The Morgan fingerprint density at radius 1 is 1.53 bits per heavy atom. The number of nitrogens with one attached hydrogen (secondary N) is 1. The molecule has 0 aromatic carbocycles. The fourth-order valence-corrected chi connectivity index (χ4v) is 1.98. The summed E-state index contributed by atoms with van der Waals surface area (Å²) in [6.07, 6.45) is 1.00. The summed E-state index contributed by atoms with van der Waals surface area (Å²) in [5, 5.41) is 2.92. The number of hydrogen-bond acceptors (Lipinski definition) is 2. The number of carbonyl (C=O) groups excluding carboxylic acids is 2. The van der Waals surface area contributed by atoms with Gasteiger partial charge in [-0.1, -0.05) is 13.5 Å². The average molecular weight is 238 g/mol. The SMILES string of the molecule is C=C1CC(=O)N(C(CC)C(=O)NC(C)(C)C)C1. The molecule has 0 aromatic rings. The van der Waals surface area contributed by atoms with E-state index in [9.17, 15) is 9.59 Å². The topological polar surface area (TPSA) is 49.4 Å². The molecule has 1 aliphatic heterocycles. The number of rotatable bonds is 3. The second-order valence-corrected chi connectivity index (χ2v) is 5.61. The van der Waals surface area contributed by atoms with Crippen molar-refractivity contribution in [1.82, 2.24) is 10.2 Å². The summed E-state index contributed by atoms with van der Waals surface area (Å²) in [4.78, 5) is 25.5.